The van der Waals surface area contributed by atoms with Gasteiger partial charge in [-0.1, -0.05) is 17.8 Å². The Labute approximate surface area is 151 Å². The number of thioether (sulfide) groups is 1. The van der Waals surface area contributed by atoms with E-state index in [9.17, 15) is 24.8 Å². The molecule has 0 heterocycles. The molecule has 0 saturated carbocycles. The molecule has 0 aliphatic rings. The average molecular weight is 421 g/mol. The van der Waals surface area contributed by atoms with Gasteiger partial charge in [0.2, 0.25) is 0 Å². The van der Waals surface area contributed by atoms with Crippen molar-refractivity contribution in [3.05, 3.63) is 32.8 Å². The molecule has 1 aromatic rings. The van der Waals surface area contributed by atoms with Crippen LogP contribution in [0.15, 0.2) is 27.6 Å². The second-order valence-electron chi connectivity index (χ2n) is 5.91. The highest BCUT2D eigenvalue weighted by Gasteiger charge is 2.40. The monoisotopic (exact) mass is 420 g/mol. The van der Waals surface area contributed by atoms with E-state index in [1.807, 2.05) is 0 Å². The number of halogens is 1. The zero-order valence-electron chi connectivity index (χ0n) is 13.5. The molecule has 0 spiro atoms. The molecule has 2 N–H and O–H groups in total. The van der Waals surface area contributed by atoms with Gasteiger partial charge >= 0.3 is 12.1 Å². The van der Waals surface area contributed by atoms with Crippen molar-refractivity contribution in [2.24, 2.45) is 0 Å². The number of nitro groups is 1. The summed E-state index contributed by atoms with van der Waals surface area (Å²) >= 11 is 3.81. The van der Waals surface area contributed by atoms with Crippen LogP contribution in [0.2, 0.25) is 0 Å². The minimum absolute atomic E-state index is 0.0865. The van der Waals surface area contributed by atoms with E-state index in [0.29, 0.717) is 16.2 Å². The van der Waals surface area contributed by atoms with Gasteiger partial charge in [0, 0.05) is 10.5 Å². The summed E-state index contributed by atoms with van der Waals surface area (Å²) in [6.07, 6.45) is -0.936. The van der Waals surface area contributed by atoms with Gasteiger partial charge in [0.25, 0.3) is 5.69 Å². The third-order valence-electron chi connectivity index (χ3n) is 2.60. The van der Waals surface area contributed by atoms with Crippen LogP contribution in [-0.2, 0) is 9.53 Å². The Bertz CT molecular complexity index is 676. The molecule has 0 aromatic heterocycles. The highest BCUT2D eigenvalue weighted by atomic mass is 79.9. The molecular formula is C14H17BrN2O6S. The number of carbonyl (C=O) groups is 2. The fraction of sp³-hybridized carbons (Fsp3) is 0.429. The number of benzene rings is 1. The molecule has 0 radical (unpaired) electrons. The molecule has 1 aromatic carbocycles. The van der Waals surface area contributed by atoms with E-state index in [4.69, 9.17) is 4.74 Å². The number of amides is 1. The molecular weight excluding hydrogens is 404 g/mol. The van der Waals surface area contributed by atoms with Gasteiger partial charge in [-0.2, -0.15) is 0 Å². The van der Waals surface area contributed by atoms with Crippen LogP contribution in [0.25, 0.3) is 0 Å². The van der Waals surface area contributed by atoms with Crippen LogP contribution in [-0.4, -0.2) is 32.6 Å². The quantitative estimate of drug-likeness (QED) is 0.321. The Morgan fingerprint density at radius 1 is 1.33 bits per heavy atom. The molecule has 1 amide bonds. The first-order valence-corrected chi connectivity index (χ1v) is 8.33. The third-order valence-corrected chi connectivity index (χ3v) is 4.84. The largest absolute Gasteiger partial charge is 0.479 e. The summed E-state index contributed by atoms with van der Waals surface area (Å²) in [5.41, 5.74) is -1.08. The maximum Gasteiger partial charge on any atom is 0.409 e. The topological polar surface area (TPSA) is 119 Å². The van der Waals surface area contributed by atoms with E-state index in [2.05, 4.69) is 21.2 Å². The molecule has 24 heavy (non-hydrogen) atoms. The van der Waals surface area contributed by atoms with Gasteiger partial charge in [0.05, 0.1) is 4.92 Å². The fourth-order valence-corrected chi connectivity index (χ4v) is 3.21. The number of nitrogens with one attached hydrogen (secondary N) is 1. The van der Waals surface area contributed by atoms with Crippen LogP contribution in [0.1, 0.15) is 27.7 Å². The molecule has 0 bridgehead atoms. The van der Waals surface area contributed by atoms with Crippen LogP contribution >= 0.6 is 27.7 Å². The van der Waals surface area contributed by atoms with E-state index in [-0.39, 0.29) is 10.6 Å². The molecule has 10 heteroatoms. The predicted octanol–water partition coefficient (Wildman–Crippen LogP) is 3.77. The number of alkyl carbamates (subject to hydrolysis) is 1. The molecule has 132 valence electrons. The molecule has 8 nitrogen and oxygen atoms in total. The number of hydrogen-bond acceptors (Lipinski definition) is 6. The van der Waals surface area contributed by atoms with Crippen LogP contribution < -0.4 is 5.32 Å². The van der Waals surface area contributed by atoms with Crippen molar-refractivity contribution in [3.63, 3.8) is 0 Å². The number of nitrogens with zero attached hydrogens (tertiary/aromatic N) is 1. The Morgan fingerprint density at radius 3 is 2.38 bits per heavy atom. The Balaban J connectivity index is 3.17. The lowest BCUT2D eigenvalue weighted by Gasteiger charge is -2.28. The first kappa shape index (κ1) is 20.2. The van der Waals surface area contributed by atoms with E-state index < -0.39 is 27.5 Å². The molecule has 0 aliphatic heterocycles. The molecule has 1 rings (SSSR count). The highest BCUT2D eigenvalue weighted by Crippen LogP contribution is 2.41. The van der Waals surface area contributed by atoms with Gasteiger partial charge in [-0.05, 0) is 49.7 Å². The Morgan fingerprint density at radius 2 is 1.92 bits per heavy atom. The lowest BCUT2D eigenvalue weighted by molar-refractivity contribution is -0.387. The third kappa shape index (κ3) is 5.38. The predicted molar refractivity (Wildman–Crippen MR) is 92.1 cm³/mol. The zero-order chi connectivity index (χ0) is 18.7. The van der Waals surface area contributed by atoms with Crippen molar-refractivity contribution in [1.29, 1.82) is 0 Å². The number of rotatable bonds is 5. The van der Waals surface area contributed by atoms with Crippen molar-refractivity contribution in [1.82, 2.24) is 5.32 Å². The molecule has 0 fully saturated rings. The van der Waals surface area contributed by atoms with Crippen LogP contribution in [0.3, 0.4) is 0 Å². The van der Waals surface area contributed by atoms with E-state index in [1.54, 1.807) is 26.8 Å². The molecule has 0 unspecified atom stereocenters. The second-order valence-corrected chi connectivity index (χ2v) is 8.20. The number of aliphatic carboxylic acids is 1. The first-order valence-electron chi connectivity index (χ1n) is 6.72. The number of carboxylic acids is 1. The maximum atomic E-state index is 11.9. The van der Waals surface area contributed by atoms with E-state index in [1.165, 1.54) is 19.1 Å². The van der Waals surface area contributed by atoms with E-state index in [0.717, 1.165) is 0 Å². The zero-order valence-corrected chi connectivity index (χ0v) is 15.9. The van der Waals surface area contributed by atoms with Crippen molar-refractivity contribution < 1.29 is 24.4 Å². The lowest BCUT2D eigenvalue weighted by atomic mass is 10.2. The van der Waals surface area contributed by atoms with Crippen molar-refractivity contribution in [2.75, 3.05) is 0 Å². The molecule has 0 aliphatic carbocycles. The normalized spacial score (nSPS) is 13.7. The summed E-state index contributed by atoms with van der Waals surface area (Å²) in [4.78, 5) is 32.3. The fourth-order valence-electron chi connectivity index (χ4n) is 1.57. The van der Waals surface area contributed by atoms with Gasteiger partial charge in [-0.15, -0.1) is 0 Å². The summed E-state index contributed by atoms with van der Waals surface area (Å²) in [5.74, 6) is -1.37. The van der Waals surface area contributed by atoms with Crippen LogP contribution in [0.5, 0.6) is 0 Å². The summed E-state index contributed by atoms with van der Waals surface area (Å²) in [7, 11) is 0. The first-order chi connectivity index (χ1) is 10.9. The van der Waals surface area contributed by atoms with Gasteiger partial charge < -0.3 is 9.84 Å². The molecule has 1 atom stereocenters. The maximum absolute atomic E-state index is 11.9. The smallest absolute Gasteiger partial charge is 0.409 e. The summed E-state index contributed by atoms with van der Waals surface area (Å²) in [5, 5.41) is 22.9. The van der Waals surface area contributed by atoms with Crippen LogP contribution in [0, 0.1) is 10.1 Å². The lowest BCUT2D eigenvalue weighted by Crippen LogP contribution is -2.51. The van der Waals surface area contributed by atoms with Crippen molar-refractivity contribution >= 4 is 45.4 Å². The minimum atomic E-state index is -1.86. The second kappa shape index (κ2) is 7.39. The standard InChI is InChI=1S/C14H17BrN2O6S/c1-13(2,3)23-12(20)16-14(4,11(18)19)24-10-8(15)6-5-7-9(10)17(21)22/h5-7H,1-4H3,(H,16,20)(H,18,19)/t14-/m1/s1. The van der Waals surface area contributed by atoms with Gasteiger partial charge in [0.1, 0.15) is 10.5 Å². The SMILES string of the molecule is CC(C)(C)OC(=O)N[C@](C)(Sc1c(Br)cccc1[N+](=O)[O-])C(=O)O. The minimum Gasteiger partial charge on any atom is -0.479 e. The number of hydrogen-bond donors (Lipinski definition) is 2. The van der Waals surface area contributed by atoms with Crippen molar-refractivity contribution in [3.8, 4) is 0 Å². The van der Waals surface area contributed by atoms with Gasteiger partial charge in [-0.3, -0.25) is 15.4 Å². The average Bonchev–Trinajstić information content (AvgIpc) is 2.38. The highest BCUT2D eigenvalue weighted by molar-refractivity contribution is 9.10. The van der Waals surface area contributed by atoms with Gasteiger partial charge in [0.15, 0.2) is 4.87 Å². The number of ether oxygens (including phenoxy) is 1. The summed E-state index contributed by atoms with van der Waals surface area (Å²) < 4.78 is 5.40. The Kier molecular flexibility index (Phi) is 6.23. The number of carboxylic acid groups (broad SMARTS) is 1. The molecule has 0 saturated heterocycles. The van der Waals surface area contributed by atoms with E-state index >= 15 is 0 Å². The summed E-state index contributed by atoms with van der Waals surface area (Å²) in [6, 6.07) is 4.26. The Hall–Kier alpha value is -1.81. The number of nitro benzene ring substituents is 1. The van der Waals surface area contributed by atoms with Crippen molar-refractivity contribution in [2.45, 2.75) is 43.1 Å². The van der Waals surface area contributed by atoms with Crippen LogP contribution in [0.4, 0.5) is 10.5 Å². The van der Waals surface area contributed by atoms with Gasteiger partial charge in [-0.25, -0.2) is 9.59 Å². The summed E-state index contributed by atoms with van der Waals surface area (Å²) in [6.45, 7) is 6.14. The number of carbonyl (C=O) groups excluding carboxylic acids is 1.